The van der Waals surface area contributed by atoms with E-state index >= 15 is 0 Å². The van der Waals surface area contributed by atoms with Crippen LogP contribution in [0.25, 0.3) is 11.1 Å². The van der Waals surface area contributed by atoms with Gasteiger partial charge in [-0.2, -0.15) is 5.06 Å². The zero-order chi connectivity index (χ0) is 41.1. The monoisotopic (exact) mass is 771 g/mol. The fourth-order valence-electron chi connectivity index (χ4n) is 8.55. The van der Waals surface area contributed by atoms with Gasteiger partial charge < -0.3 is 35.8 Å². The highest BCUT2D eigenvalue weighted by Crippen LogP contribution is 2.47. The Morgan fingerprint density at radius 3 is 2.39 bits per heavy atom. The molecule has 2 fully saturated rings. The number of nitrogens with zero attached hydrogens (tertiary/aromatic N) is 2. The molecule has 1 aliphatic heterocycles. The maximum Gasteiger partial charge on any atom is 0.335 e. The summed E-state index contributed by atoms with van der Waals surface area (Å²) in [6.45, 7) is 13.9. The number of ether oxygens (including phenoxy) is 1. The first-order valence-corrected chi connectivity index (χ1v) is 19.6. The number of methoxy groups -OCH3 is 1. The second-order valence-corrected chi connectivity index (χ2v) is 16.6. The average Bonchev–Trinajstić information content (AvgIpc) is 3.53. The molecule has 0 spiro atoms. The van der Waals surface area contributed by atoms with Gasteiger partial charge in [0.1, 0.15) is 11.8 Å². The summed E-state index contributed by atoms with van der Waals surface area (Å²) in [5, 5.41) is 32.0. The number of rotatable bonds is 14. The Kier molecular flexibility index (Phi) is 13.5. The quantitative estimate of drug-likeness (QED) is 0.141. The highest BCUT2D eigenvalue weighted by atomic mass is 16.7. The number of para-hydroxylation sites is 1. The molecule has 0 bridgehead atoms. The second kappa shape index (κ2) is 17.8. The summed E-state index contributed by atoms with van der Waals surface area (Å²) < 4.78 is 6.08. The molecule has 0 radical (unpaired) electrons. The number of aliphatic hydroxyl groups is 1. The van der Waals surface area contributed by atoms with E-state index in [0.717, 1.165) is 34.4 Å². The molecule has 0 unspecified atom stereocenters. The summed E-state index contributed by atoms with van der Waals surface area (Å²) in [6, 6.07) is 17.3. The largest absolute Gasteiger partial charge is 0.496 e. The van der Waals surface area contributed by atoms with E-state index in [4.69, 9.17) is 9.57 Å². The maximum atomic E-state index is 14.7. The summed E-state index contributed by atoms with van der Waals surface area (Å²) in [5.41, 5.74) is 4.80. The molecule has 5 rings (SSSR count). The average molecular weight is 772 g/mol. The zero-order valence-corrected chi connectivity index (χ0v) is 34.6. The van der Waals surface area contributed by atoms with Crippen molar-refractivity contribution in [3.8, 4) is 16.9 Å². The number of carboxylic acids is 1. The van der Waals surface area contributed by atoms with Gasteiger partial charge in [-0.25, -0.2) is 4.79 Å². The molecular weight excluding hydrogens is 711 g/mol. The number of nitrogens with one attached hydrogen (secondary N) is 3. The van der Waals surface area contributed by atoms with E-state index in [2.05, 4.69) is 50.6 Å². The van der Waals surface area contributed by atoms with Crippen molar-refractivity contribution in [3.63, 3.8) is 0 Å². The summed E-state index contributed by atoms with van der Waals surface area (Å²) >= 11 is 0. The van der Waals surface area contributed by atoms with Crippen LogP contribution >= 0.6 is 0 Å². The molecule has 3 aromatic rings. The van der Waals surface area contributed by atoms with Crippen molar-refractivity contribution in [3.05, 3.63) is 82.9 Å². The van der Waals surface area contributed by atoms with Crippen LogP contribution in [-0.2, 0) is 22.7 Å². The third-order valence-electron chi connectivity index (χ3n) is 12.7. The van der Waals surface area contributed by atoms with Crippen LogP contribution in [0.3, 0.4) is 0 Å². The van der Waals surface area contributed by atoms with Crippen molar-refractivity contribution >= 4 is 23.5 Å². The number of benzene rings is 3. The van der Waals surface area contributed by atoms with Crippen molar-refractivity contribution in [2.24, 2.45) is 29.1 Å². The molecule has 5 N–H and O–H groups in total. The van der Waals surface area contributed by atoms with E-state index in [1.165, 1.54) is 0 Å². The van der Waals surface area contributed by atoms with Crippen molar-refractivity contribution in [2.45, 2.75) is 85.3 Å². The normalized spacial score (nSPS) is 25.3. The van der Waals surface area contributed by atoms with E-state index < -0.39 is 30.1 Å². The summed E-state index contributed by atoms with van der Waals surface area (Å²) in [7, 11) is 7.05. The standard InChI is InChI=1S/C44H61N5O7/c1-25-17-36(26(2)27(3)44(25,5)6)47-42(52)39-38(28(4)50)37(23-46-22-29-13-11-14-30(18-29)43(53)54)56-49(39)24-31-15-12-16-35(40(31)55-10)32-19-33(41(51)45-7)21-34(20-32)48(8)9/h11-16,18-21,25-28,36-39,46,50H,17,22-24H2,1-10H3,(H,45,51)(H,47,52)(H,53,54)/t25-,26+,27+,28+,36+,37+,38-,39+/m1/s1. The molecule has 2 amide bonds. The lowest BCUT2D eigenvalue weighted by Crippen LogP contribution is -2.57. The van der Waals surface area contributed by atoms with Crippen LogP contribution in [0.1, 0.15) is 79.8 Å². The number of carbonyl (C=O) groups is 3. The predicted molar refractivity (Wildman–Crippen MR) is 218 cm³/mol. The summed E-state index contributed by atoms with van der Waals surface area (Å²) in [4.78, 5) is 47.7. The number of carbonyl (C=O) groups excluding carboxylic acids is 2. The van der Waals surface area contributed by atoms with Gasteiger partial charge in [-0.3, -0.25) is 14.4 Å². The Hall–Kier alpha value is -4.49. The minimum atomic E-state index is -0.999. The molecule has 1 saturated heterocycles. The van der Waals surface area contributed by atoms with Gasteiger partial charge in [0.25, 0.3) is 5.91 Å². The fourth-order valence-corrected chi connectivity index (χ4v) is 8.55. The molecule has 2 aliphatic rings. The van der Waals surface area contributed by atoms with Gasteiger partial charge >= 0.3 is 5.97 Å². The number of hydrogen-bond acceptors (Lipinski definition) is 9. The van der Waals surface area contributed by atoms with Gasteiger partial charge in [0.05, 0.1) is 31.4 Å². The SMILES string of the molecule is CNC(=O)c1cc(-c2cccc(CN3O[C@@H](CNCc4cccc(C(=O)O)c4)[C@@H]([C@H](C)O)[C@H]3C(=O)N[C@H]3C[C@@H](C)C(C)(C)[C@@H](C)[C@@H]3C)c2OC)cc(N(C)C)c1. The van der Waals surface area contributed by atoms with Crippen LogP contribution in [-0.4, -0.2) is 92.1 Å². The molecule has 0 aromatic heterocycles. The van der Waals surface area contributed by atoms with E-state index in [1.807, 2.05) is 61.5 Å². The Balaban J connectivity index is 1.49. The molecule has 12 nitrogen and oxygen atoms in total. The third-order valence-corrected chi connectivity index (χ3v) is 12.7. The van der Waals surface area contributed by atoms with Gasteiger partial charge in [-0.05, 0) is 78.0 Å². The molecule has 1 aliphatic carbocycles. The maximum absolute atomic E-state index is 14.7. The Labute approximate surface area is 331 Å². The van der Waals surface area contributed by atoms with Crippen LogP contribution < -0.4 is 25.6 Å². The Morgan fingerprint density at radius 1 is 1.04 bits per heavy atom. The van der Waals surface area contributed by atoms with Crippen molar-refractivity contribution in [2.75, 3.05) is 39.7 Å². The Bertz CT molecular complexity index is 1880. The first-order valence-electron chi connectivity index (χ1n) is 19.6. The molecule has 1 saturated carbocycles. The smallest absolute Gasteiger partial charge is 0.335 e. The number of hydrogen-bond donors (Lipinski definition) is 5. The summed E-state index contributed by atoms with van der Waals surface area (Å²) in [6.07, 6.45) is -0.643. The van der Waals surface area contributed by atoms with E-state index in [1.54, 1.807) is 44.3 Å². The molecule has 3 aromatic carbocycles. The van der Waals surface area contributed by atoms with Gasteiger partial charge in [-0.15, -0.1) is 0 Å². The lowest BCUT2D eigenvalue weighted by atomic mass is 9.58. The van der Waals surface area contributed by atoms with Gasteiger partial charge in [-0.1, -0.05) is 65.0 Å². The molecule has 56 heavy (non-hydrogen) atoms. The number of aliphatic hydroxyl groups excluding tert-OH is 1. The van der Waals surface area contributed by atoms with E-state index in [0.29, 0.717) is 36.2 Å². The molecule has 304 valence electrons. The van der Waals surface area contributed by atoms with Gasteiger partial charge in [0.15, 0.2) is 0 Å². The number of aromatic carboxylic acids is 1. The zero-order valence-electron chi connectivity index (χ0n) is 34.6. The van der Waals surface area contributed by atoms with Crippen LogP contribution in [0.2, 0.25) is 0 Å². The molecule has 8 atom stereocenters. The lowest BCUT2D eigenvalue weighted by molar-refractivity contribution is -0.175. The first kappa shape index (κ1) is 42.6. The highest BCUT2D eigenvalue weighted by Gasteiger charge is 2.51. The molecule has 1 heterocycles. The number of hydroxylamine groups is 2. The van der Waals surface area contributed by atoms with Crippen LogP contribution in [0.5, 0.6) is 5.75 Å². The number of carboxylic acid groups (broad SMARTS) is 1. The van der Waals surface area contributed by atoms with Crippen molar-refractivity contribution in [1.82, 2.24) is 21.0 Å². The topological polar surface area (TPSA) is 153 Å². The van der Waals surface area contributed by atoms with Crippen LogP contribution in [0, 0.1) is 29.1 Å². The second-order valence-electron chi connectivity index (χ2n) is 16.6. The van der Waals surface area contributed by atoms with Gasteiger partial charge in [0.2, 0.25) is 5.91 Å². The minimum Gasteiger partial charge on any atom is -0.496 e. The Morgan fingerprint density at radius 2 is 1.75 bits per heavy atom. The summed E-state index contributed by atoms with van der Waals surface area (Å²) in [5.74, 6) is -0.428. The molecular formula is C44H61N5O7. The van der Waals surface area contributed by atoms with E-state index in [-0.39, 0.29) is 41.3 Å². The van der Waals surface area contributed by atoms with Crippen molar-refractivity contribution < 1.29 is 34.2 Å². The number of amides is 2. The van der Waals surface area contributed by atoms with Crippen LogP contribution in [0.4, 0.5) is 5.69 Å². The lowest BCUT2D eigenvalue weighted by Gasteiger charge is -2.50. The molecule has 12 heteroatoms. The van der Waals surface area contributed by atoms with Gasteiger partial charge in [0, 0.05) is 68.6 Å². The highest BCUT2D eigenvalue weighted by molar-refractivity contribution is 5.97. The van der Waals surface area contributed by atoms with E-state index in [9.17, 15) is 24.6 Å². The third kappa shape index (κ3) is 9.04. The predicted octanol–water partition coefficient (Wildman–Crippen LogP) is 5.58. The van der Waals surface area contributed by atoms with Crippen LogP contribution in [0.15, 0.2) is 60.7 Å². The minimum absolute atomic E-state index is 0.0490. The van der Waals surface area contributed by atoms with Crippen molar-refractivity contribution in [1.29, 1.82) is 0 Å². The fraction of sp³-hybridized carbons (Fsp3) is 0.523. The first-order chi connectivity index (χ1) is 26.5. The number of anilines is 1.